The van der Waals surface area contributed by atoms with Gasteiger partial charge in [-0.3, -0.25) is 9.36 Å². The van der Waals surface area contributed by atoms with E-state index >= 15 is 0 Å². The highest BCUT2D eigenvalue weighted by atomic mass is 32.1. The van der Waals surface area contributed by atoms with Crippen LogP contribution in [0.2, 0.25) is 0 Å². The quantitative estimate of drug-likeness (QED) is 0.348. The second-order valence-corrected chi connectivity index (χ2v) is 9.47. The van der Waals surface area contributed by atoms with Gasteiger partial charge in [-0.15, -0.1) is 0 Å². The molecule has 0 unspecified atom stereocenters. The van der Waals surface area contributed by atoms with Crippen LogP contribution >= 0.6 is 11.3 Å². The van der Waals surface area contributed by atoms with E-state index in [2.05, 4.69) is 11.6 Å². The van der Waals surface area contributed by atoms with Crippen molar-refractivity contribution in [3.05, 3.63) is 103 Å². The summed E-state index contributed by atoms with van der Waals surface area (Å²) in [5, 5.41) is 0. The number of nitrogens with zero attached hydrogens (tertiary/aromatic N) is 3. The third-order valence-corrected chi connectivity index (χ3v) is 6.77. The van der Waals surface area contributed by atoms with E-state index in [1.807, 2.05) is 73.6 Å². The van der Waals surface area contributed by atoms with Crippen LogP contribution in [-0.2, 0) is 9.53 Å². The van der Waals surface area contributed by atoms with Gasteiger partial charge in [-0.25, -0.2) is 9.79 Å². The molecule has 4 rings (SSSR count). The van der Waals surface area contributed by atoms with Gasteiger partial charge in [-0.1, -0.05) is 48.3 Å². The molecule has 7 nitrogen and oxygen atoms in total. The number of thiazole rings is 1. The number of rotatable bonds is 8. The molecule has 3 aromatic rings. The smallest absolute Gasteiger partial charge is 0.338 e. The zero-order chi connectivity index (χ0) is 25.8. The first-order valence-corrected chi connectivity index (χ1v) is 12.5. The number of hydrogen-bond donors (Lipinski definition) is 0. The van der Waals surface area contributed by atoms with E-state index in [4.69, 9.17) is 9.47 Å². The van der Waals surface area contributed by atoms with Crippen molar-refractivity contribution in [2.45, 2.75) is 19.9 Å². The van der Waals surface area contributed by atoms with Gasteiger partial charge in [0.1, 0.15) is 12.4 Å². The van der Waals surface area contributed by atoms with Gasteiger partial charge in [-0.05, 0) is 55.3 Å². The summed E-state index contributed by atoms with van der Waals surface area (Å²) in [4.78, 5) is 33.9. The Morgan fingerprint density at radius 2 is 1.86 bits per heavy atom. The van der Waals surface area contributed by atoms with Crippen LogP contribution in [0.5, 0.6) is 5.75 Å². The van der Waals surface area contributed by atoms with Crippen molar-refractivity contribution in [2.75, 3.05) is 32.2 Å². The van der Waals surface area contributed by atoms with Crippen LogP contribution in [0.4, 0.5) is 5.69 Å². The Morgan fingerprint density at radius 3 is 2.47 bits per heavy atom. The monoisotopic (exact) mass is 503 g/mol. The van der Waals surface area contributed by atoms with Crippen molar-refractivity contribution in [2.24, 2.45) is 4.99 Å². The first kappa shape index (κ1) is 25.2. The molecule has 36 heavy (non-hydrogen) atoms. The molecule has 2 aromatic carbocycles. The number of carbonyl (C=O) groups is 1. The van der Waals surface area contributed by atoms with Crippen LogP contribution in [0.1, 0.15) is 31.0 Å². The summed E-state index contributed by atoms with van der Waals surface area (Å²) < 4.78 is 13.0. The van der Waals surface area contributed by atoms with E-state index in [1.165, 1.54) is 11.3 Å². The lowest BCUT2D eigenvalue weighted by atomic mass is 9.95. The van der Waals surface area contributed by atoms with E-state index < -0.39 is 12.0 Å². The van der Waals surface area contributed by atoms with Crippen LogP contribution in [-0.4, -0.2) is 37.8 Å². The first-order chi connectivity index (χ1) is 17.3. The topological polar surface area (TPSA) is 73.1 Å². The number of carbonyl (C=O) groups excluding carboxylic acids is 1. The molecule has 0 aliphatic carbocycles. The molecule has 0 amide bonds. The number of esters is 1. The predicted molar refractivity (Wildman–Crippen MR) is 143 cm³/mol. The minimum atomic E-state index is -0.631. The largest absolute Gasteiger partial charge is 0.490 e. The summed E-state index contributed by atoms with van der Waals surface area (Å²) in [5.41, 5.74) is 3.41. The van der Waals surface area contributed by atoms with Gasteiger partial charge in [0, 0.05) is 19.8 Å². The summed E-state index contributed by atoms with van der Waals surface area (Å²) >= 11 is 1.30. The lowest BCUT2D eigenvalue weighted by Gasteiger charge is -2.25. The van der Waals surface area contributed by atoms with E-state index in [9.17, 15) is 9.59 Å². The fourth-order valence-electron chi connectivity index (χ4n) is 4.03. The van der Waals surface area contributed by atoms with E-state index in [1.54, 1.807) is 24.5 Å². The van der Waals surface area contributed by atoms with E-state index in [0.717, 1.165) is 22.6 Å². The van der Waals surface area contributed by atoms with Gasteiger partial charge in [-0.2, -0.15) is 0 Å². The van der Waals surface area contributed by atoms with Crippen molar-refractivity contribution in [3.8, 4) is 5.75 Å². The van der Waals surface area contributed by atoms with Crippen molar-refractivity contribution in [3.63, 3.8) is 0 Å². The molecule has 186 valence electrons. The Morgan fingerprint density at radius 1 is 1.17 bits per heavy atom. The SMILES string of the molecule is C=CCOc1ccc(/C=c2\sc3n(c2=O)[C@H](c2ccc(N(C)C)cc2)C(C(=O)OCC)=C(C)N=3)cc1. The maximum absolute atomic E-state index is 13.7. The molecule has 0 spiro atoms. The number of benzene rings is 2. The predicted octanol–water partition coefficient (Wildman–Crippen LogP) is 3.43. The van der Waals surface area contributed by atoms with Crippen LogP contribution in [0.3, 0.4) is 0 Å². The van der Waals surface area contributed by atoms with Crippen LogP contribution in [0, 0.1) is 0 Å². The molecule has 0 bridgehead atoms. The first-order valence-electron chi connectivity index (χ1n) is 11.6. The second-order valence-electron chi connectivity index (χ2n) is 8.46. The average molecular weight is 504 g/mol. The fraction of sp³-hybridized carbons (Fsp3) is 0.250. The molecule has 8 heteroatoms. The minimum absolute atomic E-state index is 0.207. The Labute approximate surface area is 213 Å². The minimum Gasteiger partial charge on any atom is -0.490 e. The van der Waals surface area contributed by atoms with Gasteiger partial charge >= 0.3 is 5.97 Å². The normalized spacial score (nSPS) is 15.2. The summed E-state index contributed by atoms with van der Waals surface area (Å²) in [7, 11) is 3.93. The fourth-order valence-corrected chi connectivity index (χ4v) is 5.08. The number of aromatic nitrogens is 1. The van der Waals surface area contributed by atoms with Gasteiger partial charge in [0.25, 0.3) is 5.56 Å². The summed E-state index contributed by atoms with van der Waals surface area (Å²) in [6.07, 6.45) is 3.52. The van der Waals surface area contributed by atoms with Gasteiger partial charge in [0.05, 0.1) is 28.5 Å². The van der Waals surface area contributed by atoms with Crippen molar-refractivity contribution >= 4 is 29.1 Å². The lowest BCUT2D eigenvalue weighted by molar-refractivity contribution is -0.139. The third kappa shape index (κ3) is 5.04. The molecule has 1 aliphatic heterocycles. The summed E-state index contributed by atoms with van der Waals surface area (Å²) in [6, 6.07) is 14.7. The molecule has 0 saturated heterocycles. The Balaban J connectivity index is 1.84. The van der Waals surface area contributed by atoms with Gasteiger partial charge < -0.3 is 14.4 Å². The Hall–Kier alpha value is -3.91. The van der Waals surface area contributed by atoms with Crippen LogP contribution < -0.4 is 24.5 Å². The summed E-state index contributed by atoms with van der Waals surface area (Å²) in [6.45, 7) is 7.86. The van der Waals surface area contributed by atoms with E-state index in [-0.39, 0.29) is 12.2 Å². The third-order valence-electron chi connectivity index (χ3n) is 5.79. The van der Waals surface area contributed by atoms with Crippen LogP contribution in [0.25, 0.3) is 6.08 Å². The molecular weight excluding hydrogens is 474 g/mol. The number of ether oxygens (including phenoxy) is 2. The molecule has 1 aromatic heterocycles. The maximum atomic E-state index is 13.7. The molecule has 0 saturated carbocycles. The maximum Gasteiger partial charge on any atom is 0.338 e. The molecule has 0 fully saturated rings. The highest BCUT2D eigenvalue weighted by Gasteiger charge is 2.33. The second kappa shape index (κ2) is 10.8. The highest BCUT2D eigenvalue weighted by molar-refractivity contribution is 7.07. The zero-order valence-corrected chi connectivity index (χ0v) is 21.7. The number of allylic oxidation sites excluding steroid dienone is 1. The van der Waals surface area contributed by atoms with Crippen LogP contribution in [0.15, 0.2) is 82.2 Å². The Bertz CT molecular complexity index is 1480. The standard InChI is InChI=1S/C28H29N3O4S/c1-6-16-35-22-14-8-19(9-15-22)17-23-26(32)31-25(20-10-12-21(13-11-20)30(4)5)24(27(33)34-7-2)18(3)29-28(31)36-23/h6,8-15,17,25H,1,7,16H2,2-5H3/b23-17-/t25-/m1/s1. The van der Waals surface area contributed by atoms with Crippen molar-refractivity contribution in [1.82, 2.24) is 4.57 Å². The molecule has 0 radical (unpaired) electrons. The summed E-state index contributed by atoms with van der Waals surface area (Å²) in [5.74, 6) is 0.259. The number of hydrogen-bond acceptors (Lipinski definition) is 7. The van der Waals surface area contributed by atoms with Crippen molar-refractivity contribution < 1.29 is 14.3 Å². The molecule has 1 aliphatic rings. The van der Waals surface area contributed by atoms with Gasteiger partial charge in [0.15, 0.2) is 4.80 Å². The highest BCUT2D eigenvalue weighted by Crippen LogP contribution is 2.31. The molecule has 2 heterocycles. The number of fused-ring (bicyclic) bond motifs is 1. The van der Waals surface area contributed by atoms with E-state index in [0.29, 0.717) is 27.2 Å². The Kier molecular flexibility index (Phi) is 7.55. The zero-order valence-electron chi connectivity index (χ0n) is 20.9. The molecule has 0 N–H and O–H groups in total. The molecular formula is C28H29N3O4S. The lowest BCUT2D eigenvalue weighted by Crippen LogP contribution is -2.39. The number of anilines is 1. The van der Waals surface area contributed by atoms with Crippen molar-refractivity contribution in [1.29, 1.82) is 0 Å². The molecule has 1 atom stereocenters. The average Bonchev–Trinajstić information content (AvgIpc) is 3.17. The van der Waals surface area contributed by atoms with Gasteiger partial charge in [0.2, 0.25) is 0 Å².